The van der Waals surface area contributed by atoms with Crippen molar-refractivity contribution < 1.29 is 19.4 Å². The molecule has 0 saturated heterocycles. The minimum Gasteiger partial charge on any atom is -0.478 e. The standard InChI is InChI=1S/C18H25NO4/c1-19(14-8-10-15(23-2)11-9-14)17(20)12-7-13-5-3-4-6-16(13)18(21)22/h3-6,14-15H,7-12H2,1-2H3,(H,21,22). The predicted octanol–water partition coefficient (Wildman–Crippen LogP) is 2.73. The molecule has 0 unspecified atom stereocenters. The molecule has 5 heteroatoms. The maximum Gasteiger partial charge on any atom is 0.335 e. The zero-order valence-electron chi connectivity index (χ0n) is 13.8. The molecule has 5 nitrogen and oxygen atoms in total. The summed E-state index contributed by atoms with van der Waals surface area (Å²) in [4.78, 5) is 25.4. The van der Waals surface area contributed by atoms with Crippen LogP contribution in [0.3, 0.4) is 0 Å². The molecule has 1 aromatic carbocycles. The Morgan fingerprint density at radius 3 is 2.48 bits per heavy atom. The number of carboxylic acid groups (broad SMARTS) is 1. The maximum absolute atomic E-state index is 12.4. The highest BCUT2D eigenvalue weighted by Gasteiger charge is 2.26. The van der Waals surface area contributed by atoms with Crippen molar-refractivity contribution in [2.24, 2.45) is 0 Å². The third-order valence-electron chi connectivity index (χ3n) is 4.77. The van der Waals surface area contributed by atoms with Gasteiger partial charge in [0.2, 0.25) is 5.91 Å². The van der Waals surface area contributed by atoms with E-state index in [1.807, 2.05) is 18.0 Å². The van der Waals surface area contributed by atoms with Gasteiger partial charge < -0.3 is 14.7 Å². The van der Waals surface area contributed by atoms with Crippen molar-refractivity contribution >= 4 is 11.9 Å². The fourth-order valence-electron chi connectivity index (χ4n) is 3.24. The summed E-state index contributed by atoms with van der Waals surface area (Å²) in [5.41, 5.74) is 0.994. The van der Waals surface area contributed by atoms with E-state index >= 15 is 0 Å². The third-order valence-corrected chi connectivity index (χ3v) is 4.77. The molecule has 1 N–H and O–H groups in total. The van der Waals surface area contributed by atoms with Crippen LogP contribution in [0, 0.1) is 0 Å². The number of benzene rings is 1. The lowest BCUT2D eigenvalue weighted by Gasteiger charge is -2.34. The molecule has 126 valence electrons. The zero-order valence-corrected chi connectivity index (χ0v) is 13.8. The Hall–Kier alpha value is -1.88. The van der Waals surface area contributed by atoms with E-state index < -0.39 is 5.97 Å². The first-order valence-corrected chi connectivity index (χ1v) is 8.12. The molecule has 0 heterocycles. The van der Waals surface area contributed by atoms with E-state index in [4.69, 9.17) is 4.74 Å². The fourth-order valence-corrected chi connectivity index (χ4v) is 3.24. The normalized spacial score (nSPS) is 21.0. The first-order valence-electron chi connectivity index (χ1n) is 8.12. The number of carboxylic acids is 1. The van der Waals surface area contributed by atoms with Gasteiger partial charge in [-0.3, -0.25) is 4.79 Å². The van der Waals surface area contributed by atoms with Crippen LogP contribution in [-0.4, -0.2) is 48.2 Å². The summed E-state index contributed by atoms with van der Waals surface area (Å²) in [6, 6.07) is 7.14. The van der Waals surface area contributed by atoms with Crippen LogP contribution in [-0.2, 0) is 16.0 Å². The lowest BCUT2D eigenvalue weighted by atomic mass is 9.91. The summed E-state index contributed by atoms with van der Waals surface area (Å²) in [7, 11) is 3.59. The van der Waals surface area contributed by atoms with Gasteiger partial charge in [-0.25, -0.2) is 4.79 Å². The van der Waals surface area contributed by atoms with Gasteiger partial charge in [0, 0.05) is 26.6 Å². The van der Waals surface area contributed by atoms with Crippen LogP contribution in [0.4, 0.5) is 0 Å². The van der Waals surface area contributed by atoms with E-state index in [0.717, 1.165) is 25.7 Å². The summed E-state index contributed by atoms with van der Waals surface area (Å²) in [6.07, 6.45) is 5.02. The van der Waals surface area contributed by atoms with Crippen molar-refractivity contribution in [2.75, 3.05) is 14.2 Å². The number of amides is 1. The number of carbonyl (C=O) groups excluding carboxylic acids is 1. The van der Waals surface area contributed by atoms with Crippen LogP contribution in [0.15, 0.2) is 24.3 Å². The Morgan fingerprint density at radius 2 is 1.87 bits per heavy atom. The molecule has 0 radical (unpaired) electrons. The number of hydrogen-bond donors (Lipinski definition) is 1. The lowest BCUT2D eigenvalue weighted by molar-refractivity contribution is -0.133. The Labute approximate surface area is 137 Å². The van der Waals surface area contributed by atoms with Crippen molar-refractivity contribution in [3.05, 3.63) is 35.4 Å². The van der Waals surface area contributed by atoms with E-state index in [1.165, 1.54) is 0 Å². The molecule has 1 aliphatic carbocycles. The number of aryl methyl sites for hydroxylation is 1. The van der Waals surface area contributed by atoms with Crippen LogP contribution < -0.4 is 0 Å². The number of ether oxygens (including phenoxy) is 1. The molecule has 0 aliphatic heterocycles. The predicted molar refractivity (Wildman–Crippen MR) is 87.5 cm³/mol. The zero-order chi connectivity index (χ0) is 16.8. The molecule has 1 aromatic rings. The van der Waals surface area contributed by atoms with Crippen molar-refractivity contribution in [1.82, 2.24) is 4.90 Å². The Kier molecular flexibility index (Phi) is 6.16. The largest absolute Gasteiger partial charge is 0.478 e. The minimum absolute atomic E-state index is 0.0751. The molecule has 1 fully saturated rings. The highest BCUT2D eigenvalue weighted by Crippen LogP contribution is 2.24. The van der Waals surface area contributed by atoms with Gasteiger partial charge in [-0.1, -0.05) is 18.2 Å². The first kappa shape index (κ1) is 17.5. The van der Waals surface area contributed by atoms with E-state index in [2.05, 4.69) is 0 Å². The van der Waals surface area contributed by atoms with Crippen LogP contribution in [0.2, 0.25) is 0 Å². The lowest BCUT2D eigenvalue weighted by Crippen LogP contribution is -2.40. The van der Waals surface area contributed by atoms with E-state index in [-0.39, 0.29) is 17.5 Å². The van der Waals surface area contributed by atoms with Gasteiger partial charge in [-0.2, -0.15) is 0 Å². The SMILES string of the molecule is COC1CCC(N(C)C(=O)CCc2ccccc2C(=O)O)CC1. The Morgan fingerprint density at radius 1 is 1.22 bits per heavy atom. The summed E-state index contributed by atoms with van der Waals surface area (Å²) in [5.74, 6) is -0.870. The second-order valence-electron chi connectivity index (χ2n) is 6.13. The van der Waals surface area contributed by atoms with Crippen LogP contribution in [0.25, 0.3) is 0 Å². The van der Waals surface area contributed by atoms with Crippen molar-refractivity contribution in [1.29, 1.82) is 0 Å². The van der Waals surface area contributed by atoms with Crippen molar-refractivity contribution in [3.8, 4) is 0 Å². The molecular formula is C18H25NO4. The number of nitrogens with zero attached hydrogens (tertiary/aromatic N) is 1. The minimum atomic E-state index is -0.945. The molecule has 0 spiro atoms. The molecule has 1 amide bonds. The fraction of sp³-hybridized carbons (Fsp3) is 0.556. The summed E-state index contributed by atoms with van der Waals surface area (Å²) in [6.45, 7) is 0. The van der Waals surface area contributed by atoms with E-state index in [9.17, 15) is 14.7 Å². The van der Waals surface area contributed by atoms with Crippen molar-refractivity contribution in [3.63, 3.8) is 0 Å². The van der Waals surface area contributed by atoms with Crippen molar-refractivity contribution in [2.45, 2.75) is 50.7 Å². The first-order chi connectivity index (χ1) is 11.0. The molecule has 1 aliphatic rings. The molecule has 1 saturated carbocycles. The average molecular weight is 319 g/mol. The van der Waals surface area contributed by atoms with Gasteiger partial charge in [-0.05, 0) is 43.7 Å². The number of aromatic carboxylic acids is 1. The number of methoxy groups -OCH3 is 1. The molecule has 0 atom stereocenters. The molecular weight excluding hydrogens is 294 g/mol. The maximum atomic E-state index is 12.4. The number of carbonyl (C=O) groups is 2. The summed E-state index contributed by atoms with van der Waals surface area (Å²) < 4.78 is 5.36. The molecule has 0 aromatic heterocycles. The monoisotopic (exact) mass is 319 g/mol. The summed E-state index contributed by atoms with van der Waals surface area (Å²) in [5, 5.41) is 9.18. The second kappa shape index (κ2) is 8.11. The van der Waals surface area contributed by atoms with Gasteiger partial charge in [-0.15, -0.1) is 0 Å². The second-order valence-corrected chi connectivity index (χ2v) is 6.13. The molecule has 0 bridgehead atoms. The Balaban J connectivity index is 1.89. The van der Waals surface area contributed by atoms with Gasteiger partial charge >= 0.3 is 5.97 Å². The van der Waals surface area contributed by atoms with Crippen LogP contribution >= 0.6 is 0 Å². The van der Waals surface area contributed by atoms with Gasteiger partial charge in [0.15, 0.2) is 0 Å². The quantitative estimate of drug-likeness (QED) is 0.875. The van der Waals surface area contributed by atoms with Gasteiger partial charge in [0.05, 0.1) is 11.7 Å². The highest BCUT2D eigenvalue weighted by molar-refractivity contribution is 5.89. The Bertz CT molecular complexity index is 550. The molecule has 2 rings (SSSR count). The van der Waals surface area contributed by atoms with Crippen LogP contribution in [0.1, 0.15) is 48.0 Å². The average Bonchev–Trinajstić information content (AvgIpc) is 2.59. The molecule has 23 heavy (non-hydrogen) atoms. The smallest absolute Gasteiger partial charge is 0.335 e. The number of hydrogen-bond acceptors (Lipinski definition) is 3. The van der Waals surface area contributed by atoms with Gasteiger partial charge in [0.1, 0.15) is 0 Å². The highest BCUT2D eigenvalue weighted by atomic mass is 16.5. The number of rotatable bonds is 6. The topological polar surface area (TPSA) is 66.8 Å². The van der Waals surface area contributed by atoms with Gasteiger partial charge in [0.25, 0.3) is 0 Å². The van der Waals surface area contributed by atoms with Crippen LogP contribution in [0.5, 0.6) is 0 Å². The van der Waals surface area contributed by atoms with E-state index in [0.29, 0.717) is 24.5 Å². The van der Waals surface area contributed by atoms with E-state index in [1.54, 1.807) is 25.3 Å². The summed E-state index contributed by atoms with van der Waals surface area (Å²) >= 11 is 0. The third kappa shape index (κ3) is 4.55.